The Hall–Kier alpha value is -1.46. The van der Waals surface area contributed by atoms with Gasteiger partial charge in [-0.25, -0.2) is 4.79 Å². The highest BCUT2D eigenvalue weighted by Gasteiger charge is 2.30. The van der Waals surface area contributed by atoms with Gasteiger partial charge in [-0.15, -0.1) is 0 Å². The van der Waals surface area contributed by atoms with Crippen LogP contribution in [0.1, 0.15) is 31.4 Å². The zero-order valence-corrected chi connectivity index (χ0v) is 10.4. The molecule has 0 aromatic carbocycles. The van der Waals surface area contributed by atoms with Crippen molar-refractivity contribution in [2.45, 2.75) is 38.0 Å². The van der Waals surface area contributed by atoms with Crippen molar-refractivity contribution >= 4 is 5.97 Å². The van der Waals surface area contributed by atoms with Gasteiger partial charge in [-0.2, -0.15) is 0 Å². The van der Waals surface area contributed by atoms with E-state index >= 15 is 0 Å². The first-order valence-electron chi connectivity index (χ1n) is 6.18. The summed E-state index contributed by atoms with van der Waals surface area (Å²) < 4.78 is 5.43. The first-order valence-corrected chi connectivity index (χ1v) is 6.18. The van der Waals surface area contributed by atoms with Crippen molar-refractivity contribution in [1.82, 2.24) is 10.3 Å². The zero-order chi connectivity index (χ0) is 13.0. The lowest BCUT2D eigenvalue weighted by atomic mass is 10.1. The Morgan fingerprint density at radius 2 is 2.50 bits per heavy atom. The number of carbonyl (C=O) groups is 1. The van der Waals surface area contributed by atoms with Crippen LogP contribution in [-0.2, 0) is 9.53 Å². The highest BCUT2D eigenvalue weighted by atomic mass is 16.5. The monoisotopic (exact) mass is 250 g/mol. The van der Waals surface area contributed by atoms with Crippen molar-refractivity contribution < 1.29 is 14.6 Å². The molecule has 2 rings (SSSR count). The first-order chi connectivity index (χ1) is 8.66. The van der Waals surface area contributed by atoms with E-state index in [9.17, 15) is 4.79 Å². The zero-order valence-electron chi connectivity index (χ0n) is 10.4. The number of nitrogens with one attached hydrogen (secondary N) is 1. The molecule has 2 heterocycles. The predicted octanol–water partition coefficient (Wildman–Crippen LogP) is 1.36. The summed E-state index contributed by atoms with van der Waals surface area (Å²) in [5.41, 5.74) is 1.12. The highest BCUT2D eigenvalue weighted by molar-refractivity contribution is 5.72. The quantitative estimate of drug-likeness (QED) is 0.825. The van der Waals surface area contributed by atoms with E-state index in [1.54, 1.807) is 6.20 Å². The van der Waals surface area contributed by atoms with E-state index < -0.39 is 12.1 Å². The van der Waals surface area contributed by atoms with Crippen molar-refractivity contribution in [3.8, 4) is 0 Å². The maximum Gasteiger partial charge on any atom is 0.332 e. The van der Waals surface area contributed by atoms with Crippen LogP contribution in [0.4, 0.5) is 0 Å². The molecule has 18 heavy (non-hydrogen) atoms. The number of carboxylic acids is 1. The van der Waals surface area contributed by atoms with Crippen LogP contribution in [0.5, 0.6) is 0 Å². The van der Waals surface area contributed by atoms with Gasteiger partial charge in [-0.3, -0.25) is 4.98 Å². The highest BCUT2D eigenvalue weighted by Crippen LogP contribution is 2.20. The molecule has 0 bridgehead atoms. The Morgan fingerprint density at radius 1 is 1.67 bits per heavy atom. The summed E-state index contributed by atoms with van der Waals surface area (Å²) in [7, 11) is 0. The molecule has 1 fully saturated rings. The molecule has 5 nitrogen and oxygen atoms in total. The maximum absolute atomic E-state index is 10.8. The van der Waals surface area contributed by atoms with Crippen LogP contribution in [0.3, 0.4) is 0 Å². The van der Waals surface area contributed by atoms with Crippen LogP contribution in [0, 0.1) is 0 Å². The second-order valence-electron chi connectivity index (χ2n) is 4.58. The molecule has 1 aromatic rings. The molecule has 0 radical (unpaired) electrons. The minimum absolute atomic E-state index is 0.00905. The van der Waals surface area contributed by atoms with Crippen LogP contribution in [0.2, 0.25) is 0 Å². The van der Waals surface area contributed by atoms with Crippen LogP contribution in [-0.4, -0.2) is 34.8 Å². The summed E-state index contributed by atoms with van der Waals surface area (Å²) in [5.74, 6) is -0.863. The lowest BCUT2D eigenvalue weighted by Gasteiger charge is -2.17. The van der Waals surface area contributed by atoms with Gasteiger partial charge in [-0.05, 0) is 31.4 Å². The number of hydrogen-bond donors (Lipinski definition) is 2. The Morgan fingerprint density at radius 3 is 3.11 bits per heavy atom. The summed E-state index contributed by atoms with van der Waals surface area (Å²) >= 11 is 0. The van der Waals surface area contributed by atoms with Gasteiger partial charge < -0.3 is 15.2 Å². The number of aromatic nitrogens is 1. The number of hydrogen-bond acceptors (Lipinski definition) is 4. The average Bonchev–Trinajstić information content (AvgIpc) is 2.86. The minimum atomic E-state index is -0.863. The lowest BCUT2D eigenvalue weighted by molar-refractivity contribution is -0.149. The number of ether oxygens (including phenoxy) is 1. The van der Waals surface area contributed by atoms with E-state index in [1.807, 2.05) is 18.3 Å². The second-order valence-corrected chi connectivity index (χ2v) is 4.58. The summed E-state index contributed by atoms with van der Waals surface area (Å²) in [4.78, 5) is 14.8. The molecule has 98 valence electrons. The van der Waals surface area contributed by atoms with Gasteiger partial charge in [0.25, 0.3) is 0 Å². The Kier molecular flexibility index (Phi) is 4.28. The number of pyridine rings is 1. The predicted molar refractivity (Wildman–Crippen MR) is 66.2 cm³/mol. The van der Waals surface area contributed by atoms with Gasteiger partial charge in [0.2, 0.25) is 0 Å². The summed E-state index contributed by atoms with van der Waals surface area (Å²) in [6.45, 7) is 2.72. The molecular formula is C13H18N2O3. The smallest absolute Gasteiger partial charge is 0.332 e. The second kappa shape index (κ2) is 5.93. The van der Waals surface area contributed by atoms with Crippen LogP contribution < -0.4 is 5.32 Å². The first kappa shape index (κ1) is 13.0. The fraction of sp³-hybridized carbons (Fsp3) is 0.538. The molecule has 1 saturated heterocycles. The molecule has 3 unspecified atom stereocenters. The SMILES string of the molecule is CC(NCC1CCC(C(=O)O)O1)c1cccnc1. The standard InChI is InChI=1S/C13H18N2O3/c1-9(10-3-2-6-14-7-10)15-8-11-4-5-12(18-11)13(16)17/h2-3,6-7,9,11-12,15H,4-5,8H2,1H3,(H,16,17). The van der Waals surface area contributed by atoms with Crippen molar-refractivity contribution in [3.63, 3.8) is 0 Å². The third kappa shape index (κ3) is 3.27. The molecule has 2 N–H and O–H groups in total. The molecule has 3 atom stereocenters. The van der Waals surface area contributed by atoms with Crippen LogP contribution in [0.25, 0.3) is 0 Å². The molecule has 5 heteroatoms. The van der Waals surface area contributed by atoms with Crippen molar-refractivity contribution in [1.29, 1.82) is 0 Å². The number of nitrogens with zero attached hydrogens (tertiary/aromatic N) is 1. The number of carboxylic acid groups (broad SMARTS) is 1. The van der Waals surface area contributed by atoms with Crippen molar-refractivity contribution in [2.75, 3.05) is 6.54 Å². The van der Waals surface area contributed by atoms with Crippen LogP contribution >= 0.6 is 0 Å². The average molecular weight is 250 g/mol. The van der Waals surface area contributed by atoms with Gasteiger partial charge in [-0.1, -0.05) is 6.07 Å². The minimum Gasteiger partial charge on any atom is -0.479 e. The van der Waals surface area contributed by atoms with Gasteiger partial charge >= 0.3 is 5.97 Å². The van der Waals surface area contributed by atoms with E-state index in [-0.39, 0.29) is 12.1 Å². The van der Waals surface area contributed by atoms with E-state index in [4.69, 9.17) is 9.84 Å². The molecule has 0 saturated carbocycles. The van der Waals surface area contributed by atoms with Gasteiger partial charge in [0.05, 0.1) is 6.10 Å². The van der Waals surface area contributed by atoms with E-state index in [0.29, 0.717) is 13.0 Å². The molecule has 1 aliphatic heterocycles. The fourth-order valence-electron chi connectivity index (χ4n) is 2.10. The third-order valence-electron chi connectivity index (χ3n) is 3.22. The largest absolute Gasteiger partial charge is 0.479 e. The third-order valence-corrected chi connectivity index (χ3v) is 3.22. The topological polar surface area (TPSA) is 71.5 Å². The summed E-state index contributed by atoms with van der Waals surface area (Å²) in [6.07, 6.45) is 4.32. The van der Waals surface area contributed by atoms with Crippen LogP contribution in [0.15, 0.2) is 24.5 Å². The summed E-state index contributed by atoms with van der Waals surface area (Å²) in [6, 6.07) is 4.10. The van der Waals surface area contributed by atoms with Gasteiger partial charge in [0, 0.05) is 25.0 Å². The molecule has 0 spiro atoms. The lowest BCUT2D eigenvalue weighted by Crippen LogP contribution is -2.30. The molecule has 1 aromatic heterocycles. The number of rotatable bonds is 5. The van der Waals surface area contributed by atoms with Crippen molar-refractivity contribution in [3.05, 3.63) is 30.1 Å². The maximum atomic E-state index is 10.8. The van der Waals surface area contributed by atoms with Crippen molar-refractivity contribution in [2.24, 2.45) is 0 Å². The molecule has 0 aliphatic carbocycles. The normalized spacial score (nSPS) is 24.9. The van der Waals surface area contributed by atoms with E-state index in [0.717, 1.165) is 12.0 Å². The molecule has 0 amide bonds. The van der Waals surface area contributed by atoms with E-state index in [2.05, 4.69) is 17.2 Å². The Balaban J connectivity index is 1.77. The molecular weight excluding hydrogens is 232 g/mol. The Bertz CT molecular complexity index is 396. The van der Waals surface area contributed by atoms with E-state index in [1.165, 1.54) is 0 Å². The van der Waals surface area contributed by atoms with Gasteiger partial charge in [0.1, 0.15) is 0 Å². The number of aliphatic carboxylic acids is 1. The summed E-state index contributed by atoms with van der Waals surface area (Å²) in [5, 5.41) is 12.2. The Labute approximate surface area is 106 Å². The fourth-order valence-corrected chi connectivity index (χ4v) is 2.10. The molecule has 1 aliphatic rings. The van der Waals surface area contributed by atoms with Gasteiger partial charge in [0.15, 0.2) is 6.10 Å².